The molecule has 0 aromatic carbocycles. The SMILES string of the molecule is CCC1=C(C)C2=NC1=CC1=C(C)C3=C(O)CC(=C4NC(=CC5=NC(=C2)C(CO)=C5C)[C@@H](C)[C@@H]4CCC(=O)NCCCCCCCCCCO[C@@H]2O[C@H](CO)[C@H](O)[C@H](O)[C@H]2O)C3=N1. The number of carbonyl (C=O) groups excluding carboxylic acids is 1. The number of hydrogen-bond acceptors (Lipinski definition) is 13. The van der Waals surface area contributed by atoms with E-state index in [2.05, 4.69) is 37.5 Å². The van der Waals surface area contributed by atoms with Crippen molar-refractivity contribution in [1.82, 2.24) is 10.6 Å². The molecule has 336 valence electrons. The third-order valence-corrected chi connectivity index (χ3v) is 13.5. The molecule has 6 aliphatic heterocycles. The summed E-state index contributed by atoms with van der Waals surface area (Å²) >= 11 is 0. The highest BCUT2D eigenvalue weighted by Gasteiger charge is 2.44. The first-order valence-electron chi connectivity index (χ1n) is 22.6. The third-order valence-electron chi connectivity index (χ3n) is 13.5. The number of rotatable bonds is 18. The number of carbonyl (C=O) groups is 1. The first kappa shape index (κ1) is 45.7. The van der Waals surface area contributed by atoms with Crippen LogP contribution in [0.4, 0.5) is 0 Å². The molecule has 0 unspecified atom stereocenters. The Morgan fingerprint density at radius 2 is 1.52 bits per heavy atom. The van der Waals surface area contributed by atoms with Crippen molar-refractivity contribution in [1.29, 1.82) is 0 Å². The smallest absolute Gasteiger partial charge is 0.220 e. The van der Waals surface area contributed by atoms with Gasteiger partial charge in [-0.05, 0) is 87.0 Å². The van der Waals surface area contributed by atoms with Crippen molar-refractivity contribution in [3.05, 3.63) is 91.5 Å². The van der Waals surface area contributed by atoms with Crippen molar-refractivity contribution in [2.45, 2.75) is 142 Å². The van der Waals surface area contributed by atoms with E-state index in [4.69, 9.17) is 24.5 Å². The minimum atomic E-state index is -1.44. The summed E-state index contributed by atoms with van der Waals surface area (Å²) in [5.74, 6) is 0.331. The summed E-state index contributed by atoms with van der Waals surface area (Å²) in [5, 5.41) is 68.1. The maximum Gasteiger partial charge on any atom is 0.220 e. The molecule has 0 spiro atoms. The summed E-state index contributed by atoms with van der Waals surface area (Å²) in [4.78, 5) is 28.5. The van der Waals surface area contributed by atoms with Gasteiger partial charge >= 0.3 is 0 Å². The van der Waals surface area contributed by atoms with Crippen LogP contribution in [0, 0.1) is 11.8 Å². The van der Waals surface area contributed by atoms with Gasteiger partial charge in [0.05, 0.1) is 47.4 Å². The predicted molar refractivity (Wildman–Crippen MR) is 238 cm³/mol. The maximum atomic E-state index is 13.3. The molecular formula is C48H65N5O9. The third kappa shape index (κ3) is 9.33. The number of nitrogens with zero attached hydrogens (tertiary/aromatic N) is 3. The van der Waals surface area contributed by atoms with E-state index in [1.807, 2.05) is 26.0 Å². The minimum Gasteiger partial charge on any atom is -0.511 e. The first-order valence-corrected chi connectivity index (χ1v) is 22.6. The Labute approximate surface area is 364 Å². The quantitative estimate of drug-likeness (QED) is 0.0812. The molecule has 7 rings (SSSR count). The number of hydrogen-bond donors (Lipinski definition) is 8. The van der Waals surface area contributed by atoms with Crippen LogP contribution in [0.3, 0.4) is 0 Å². The highest BCUT2D eigenvalue weighted by atomic mass is 16.7. The van der Waals surface area contributed by atoms with Crippen LogP contribution in [0.15, 0.2) is 106 Å². The highest BCUT2D eigenvalue weighted by Crippen LogP contribution is 2.46. The van der Waals surface area contributed by atoms with E-state index in [-0.39, 0.29) is 24.3 Å². The lowest BCUT2D eigenvalue weighted by Crippen LogP contribution is -2.59. The average molecular weight is 856 g/mol. The van der Waals surface area contributed by atoms with E-state index in [9.17, 15) is 35.4 Å². The fourth-order valence-corrected chi connectivity index (χ4v) is 9.65. The topological polar surface area (TPSA) is 218 Å². The summed E-state index contributed by atoms with van der Waals surface area (Å²) in [6.07, 6.45) is 9.89. The van der Waals surface area contributed by atoms with Crippen LogP contribution >= 0.6 is 0 Å². The average Bonchev–Trinajstić information content (AvgIpc) is 4.01. The molecular weight excluding hydrogens is 791 g/mol. The number of fused-ring (bicyclic) bond motifs is 5. The van der Waals surface area contributed by atoms with Crippen LogP contribution in [0.25, 0.3) is 0 Å². The molecule has 7 aliphatic rings. The lowest BCUT2D eigenvalue weighted by atomic mass is 9.86. The number of nitrogens with one attached hydrogen (secondary N) is 2. The van der Waals surface area contributed by atoms with Gasteiger partial charge in [0.1, 0.15) is 30.2 Å². The number of unbranched alkanes of at least 4 members (excludes halogenated alkanes) is 7. The number of ether oxygens (including phenoxy) is 2. The molecule has 0 aromatic heterocycles. The number of allylic oxidation sites excluding steroid dienone is 11. The van der Waals surface area contributed by atoms with Crippen LogP contribution in [0.5, 0.6) is 0 Å². The van der Waals surface area contributed by atoms with Crippen LogP contribution < -0.4 is 10.6 Å². The van der Waals surface area contributed by atoms with Crippen molar-refractivity contribution in [2.24, 2.45) is 26.8 Å². The van der Waals surface area contributed by atoms with Crippen LogP contribution in [0.2, 0.25) is 0 Å². The number of aliphatic imine (C=N–C) groups is 3. The Hall–Kier alpha value is -4.28. The predicted octanol–water partition coefficient (Wildman–Crippen LogP) is 5.48. The number of aliphatic hydroxyl groups excluding tert-OH is 6. The van der Waals surface area contributed by atoms with E-state index in [1.165, 1.54) is 0 Å². The van der Waals surface area contributed by atoms with Crippen molar-refractivity contribution in [3.63, 3.8) is 0 Å². The van der Waals surface area contributed by atoms with Crippen LogP contribution in [-0.4, -0.2) is 111 Å². The molecule has 8 bridgehead atoms. The molecule has 14 heteroatoms. The molecule has 1 aliphatic carbocycles. The lowest BCUT2D eigenvalue weighted by molar-refractivity contribution is -0.301. The van der Waals surface area contributed by atoms with Crippen molar-refractivity contribution < 1.29 is 44.9 Å². The van der Waals surface area contributed by atoms with Crippen LogP contribution in [0.1, 0.15) is 112 Å². The number of aliphatic hydroxyl groups is 6. The largest absolute Gasteiger partial charge is 0.511 e. The Balaban J connectivity index is 0.929. The summed E-state index contributed by atoms with van der Waals surface area (Å²) < 4.78 is 11.0. The van der Waals surface area contributed by atoms with Crippen molar-refractivity contribution in [3.8, 4) is 0 Å². The fraction of sp³-hybridized carbons (Fsp3) is 0.583. The van der Waals surface area contributed by atoms with Gasteiger partial charge in [-0.25, -0.2) is 15.0 Å². The lowest BCUT2D eigenvalue weighted by Gasteiger charge is -2.39. The van der Waals surface area contributed by atoms with Gasteiger partial charge in [-0.1, -0.05) is 52.4 Å². The zero-order valence-corrected chi connectivity index (χ0v) is 36.8. The molecule has 2 saturated heterocycles. The maximum absolute atomic E-state index is 13.3. The van der Waals surface area contributed by atoms with E-state index >= 15 is 0 Å². The van der Waals surface area contributed by atoms with Gasteiger partial charge in [-0.15, -0.1) is 0 Å². The zero-order chi connectivity index (χ0) is 44.2. The van der Waals surface area contributed by atoms with Crippen molar-refractivity contribution >= 4 is 23.0 Å². The Bertz CT molecular complexity index is 2150. The second-order valence-corrected chi connectivity index (χ2v) is 17.5. The summed E-state index contributed by atoms with van der Waals surface area (Å²) in [5.41, 5.74) is 13.2. The Morgan fingerprint density at radius 3 is 2.21 bits per heavy atom. The molecule has 6 heterocycles. The van der Waals surface area contributed by atoms with E-state index in [1.54, 1.807) is 0 Å². The van der Waals surface area contributed by atoms with Gasteiger partial charge in [0, 0.05) is 65.9 Å². The minimum absolute atomic E-state index is 0.0213. The molecule has 14 nitrogen and oxygen atoms in total. The first-order chi connectivity index (χ1) is 29.9. The Kier molecular flexibility index (Phi) is 14.8. The second-order valence-electron chi connectivity index (χ2n) is 17.5. The standard InChI is InChI=1S/C48H65N5O9/c1-6-29-25(2)34-21-38-32(23-54)27(4)33(51-38)20-35-26(3)30(43(52-35)31-19-39(56)42-28(5)36(53-44(31)42)22-37(29)50-34)15-16-41(57)49-17-13-11-9-7-8-10-12-14-18-61-48-47(60)46(59)45(58)40(24-55)62-48/h20-22,26,30,40,45-48,52,54-56,58-60H,6-19,23-24H2,1-5H3,(H,49,57)/t26-,30-,40+,45-,46-,47+,48+/m0/s1. The fourth-order valence-electron chi connectivity index (χ4n) is 9.65. The van der Waals surface area contributed by atoms with Gasteiger partial charge in [0.15, 0.2) is 6.29 Å². The van der Waals surface area contributed by atoms with Gasteiger partial charge in [0.25, 0.3) is 0 Å². The van der Waals surface area contributed by atoms with Crippen LogP contribution in [-0.2, 0) is 14.3 Å². The Morgan fingerprint density at radius 1 is 0.855 bits per heavy atom. The zero-order valence-electron chi connectivity index (χ0n) is 36.8. The highest BCUT2D eigenvalue weighted by molar-refractivity contribution is 6.21. The molecule has 8 N–H and O–H groups in total. The normalized spacial score (nSPS) is 28.1. The summed E-state index contributed by atoms with van der Waals surface area (Å²) in [6.45, 7) is 10.7. The van der Waals surface area contributed by atoms with Crippen molar-refractivity contribution in [2.75, 3.05) is 26.4 Å². The monoisotopic (exact) mass is 855 g/mol. The second kappa shape index (κ2) is 20.0. The van der Waals surface area contributed by atoms with Gasteiger partial charge < -0.3 is 50.7 Å². The van der Waals surface area contributed by atoms with E-state index < -0.39 is 37.3 Å². The van der Waals surface area contributed by atoms with Gasteiger partial charge in [-0.2, -0.15) is 0 Å². The molecule has 0 aromatic rings. The summed E-state index contributed by atoms with van der Waals surface area (Å²) in [7, 11) is 0. The molecule has 62 heavy (non-hydrogen) atoms. The molecule has 7 atom stereocenters. The molecule has 2 fully saturated rings. The van der Waals surface area contributed by atoms with E-state index in [0.29, 0.717) is 43.9 Å². The van der Waals surface area contributed by atoms with Gasteiger partial charge in [-0.3, -0.25) is 4.79 Å². The number of amides is 1. The van der Waals surface area contributed by atoms with E-state index in [0.717, 1.165) is 137 Å². The molecule has 1 amide bonds. The van der Waals surface area contributed by atoms with Gasteiger partial charge in [0.2, 0.25) is 5.91 Å². The summed E-state index contributed by atoms with van der Waals surface area (Å²) in [6, 6.07) is 0. The molecule has 0 saturated carbocycles. The molecule has 0 radical (unpaired) electrons.